The second kappa shape index (κ2) is 8.29. The van der Waals surface area contributed by atoms with Gasteiger partial charge < -0.3 is 10.5 Å². The minimum atomic E-state index is 0.309. The van der Waals surface area contributed by atoms with Crippen LogP contribution in [0.3, 0.4) is 0 Å². The van der Waals surface area contributed by atoms with E-state index in [1.54, 1.807) is 6.20 Å². The molecule has 122 valence electrons. The van der Waals surface area contributed by atoms with Crippen molar-refractivity contribution in [3.05, 3.63) is 36.5 Å². The zero-order valence-corrected chi connectivity index (χ0v) is 14.0. The van der Waals surface area contributed by atoms with E-state index in [9.17, 15) is 0 Å². The van der Waals surface area contributed by atoms with Gasteiger partial charge in [-0.25, -0.2) is 9.97 Å². The average Bonchev–Trinajstić information content (AvgIpc) is 2.60. The normalized spacial score (nSPS) is 15.7. The molecule has 0 spiro atoms. The average molecular weight is 330 g/mol. The maximum atomic E-state index is 5.63. The maximum Gasteiger partial charge on any atom is 0.220 e. The Morgan fingerprint density at radius 1 is 1.13 bits per heavy atom. The molecular weight excluding hydrogens is 308 g/mol. The first-order valence-corrected chi connectivity index (χ1v) is 8.92. The summed E-state index contributed by atoms with van der Waals surface area (Å²) in [5.41, 5.74) is 7.56. The van der Waals surface area contributed by atoms with Crippen LogP contribution in [0.25, 0.3) is 11.3 Å². The number of ether oxygens (including phenoxy) is 1. The van der Waals surface area contributed by atoms with Crippen LogP contribution in [0.4, 0.5) is 5.95 Å². The second-order valence-corrected chi connectivity index (χ2v) is 6.65. The number of morpholine rings is 1. The molecule has 2 heterocycles. The Kier molecular flexibility index (Phi) is 5.85. The Balaban J connectivity index is 1.46. The third kappa shape index (κ3) is 4.92. The van der Waals surface area contributed by atoms with Crippen LogP contribution in [0, 0.1) is 0 Å². The van der Waals surface area contributed by atoms with E-state index in [0.717, 1.165) is 49.9 Å². The summed E-state index contributed by atoms with van der Waals surface area (Å²) in [6.45, 7) is 5.06. The highest BCUT2D eigenvalue weighted by Crippen LogP contribution is 2.23. The predicted octanol–water partition coefficient (Wildman–Crippen LogP) is 2.54. The number of anilines is 1. The van der Waals surface area contributed by atoms with Gasteiger partial charge in [-0.3, -0.25) is 4.90 Å². The molecule has 1 fully saturated rings. The Morgan fingerprint density at radius 3 is 2.65 bits per heavy atom. The standard InChI is InChI=1S/C17H22N4OS/c18-17-19-7-6-16(20-17)14-2-4-15(5-3-14)23-13-1-8-21-9-11-22-12-10-21/h2-7H,1,8-13H2,(H2,18,19,20). The molecule has 0 radical (unpaired) electrons. The van der Waals surface area contributed by atoms with Crippen LogP contribution in [0.15, 0.2) is 41.4 Å². The number of nitrogen functional groups attached to an aromatic ring is 1. The molecule has 1 aromatic carbocycles. The summed E-state index contributed by atoms with van der Waals surface area (Å²) >= 11 is 1.90. The molecule has 6 heteroatoms. The molecule has 23 heavy (non-hydrogen) atoms. The SMILES string of the molecule is Nc1nccc(-c2ccc(SCCCN3CCOCC3)cc2)n1. The quantitative estimate of drug-likeness (QED) is 0.649. The van der Waals surface area contributed by atoms with E-state index in [1.807, 2.05) is 17.8 Å². The predicted molar refractivity (Wildman–Crippen MR) is 94.5 cm³/mol. The maximum absolute atomic E-state index is 5.63. The summed E-state index contributed by atoms with van der Waals surface area (Å²) in [6.07, 6.45) is 2.89. The van der Waals surface area contributed by atoms with Crippen LogP contribution < -0.4 is 5.73 Å². The largest absolute Gasteiger partial charge is 0.379 e. The van der Waals surface area contributed by atoms with E-state index in [1.165, 1.54) is 11.3 Å². The van der Waals surface area contributed by atoms with Gasteiger partial charge in [-0.1, -0.05) is 12.1 Å². The van der Waals surface area contributed by atoms with Crippen molar-refractivity contribution in [2.45, 2.75) is 11.3 Å². The summed E-state index contributed by atoms with van der Waals surface area (Å²) in [5, 5.41) is 0. The number of hydrogen-bond donors (Lipinski definition) is 1. The Morgan fingerprint density at radius 2 is 1.91 bits per heavy atom. The van der Waals surface area contributed by atoms with Gasteiger partial charge in [0.1, 0.15) is 0 Å². The fourth-order valence-corrected chi connectivity index (χ4v) is 3.40. The van der Waals surface area contributed by atoms with E-state index in [0.29, 0.717) is 5.95 Å². The monoisotopic (exact) mass is 330 g/mol. The van der Waals surface area contributed by atoms with E-state index in [4.69, 9.17) is 10.5 Å². The van der Waals surface area contributed by atoms with Crippen LogP contribution in [0.2, 0.25) is 0 Å². The topological polar surface area (TPSA) is 64.3 Å². The molecule has 1 saturated heterocycles. The third-order valence-electron chi connectivity index (χ3n) is 3.82. The van der Waals surface area contributed by atoms with E-state index >= 15 is 0 Å². The molecule has 2 aromatic rings. The van der Waals surface area contributed by atoms with Gasteiger partial charge in [-0.15, -0.1) is 11.8 Å². The fourth-order valence-electron chi connectivity index (χ4n) is 2.56. The summed E-state index contributed by atoms with van der Waals surface area (Å²) < 4.78 is 5.37. The van der Waals surface area contributed by atoms with Crippen molar-refractivity contribution in [1.82, 2.24) is 14.9 Å². The van der Waals surface area contributed by atoms with Crippen molar-refractivity contribution in [1.29, 1.82) is 0 Å². The van der Waals surface area contributed by atoms with Crippen molar-refractivity contribution in [3.8, 4) is 11.3 Å². The number of nitrogens with zero attached hydrogens (tertiary/aromatic N) is 3. The van der Waals surface area contributed by atoms with Gasteiger partial charge in [-0.2, -0.15) is 0 Å². The number of thioether (sulfide) groups is 1. The van der Waals surface area contributed by atoms with Crippen LogP contribution >= 0.6 is 11.8 Å². The van der Waals surface area contributed by atoms with Crippen LogP contribution in [-0.4, -0.2) is 53.5 Å². The molecule has 0 saturated carbocycles. The van der Waals surface area contributed by atoms with Crippen molar-refractivity contribution in [2.75, 3.05) is 44.3 Å². The van der Waals surface area contributed by atoms with Crippen LogP contribution in [0.1, 0.15) is 6.42 Å². The zero-order valence-electron chi connectivity index (χ0n) is 13.1. The number of benzene rings is 1. The molecule has 5 nitrogen and oxygen atoms in total. The molecule has 0 atom stereocenters. The smallest absolute Gasteiger partial charge is 0.220 e. The lowest BCUT2D eigenvalue weighted by atomic mass is 10.1. The van der Waals surface area contributed by atoms with Gasteiger partial charge in [0, 0.05) is 29.7 Å². The van der Waals surface area contributed by atoms with Gasteiger partial charge in [0.05, 0.1) is 18.9 Å². The molecule has 3 rings (SSSR count). The van der Waals surface area contributed by atoms with Crippen molar-refractivity contribution in [2.24, 2.45) is 0 Å². The lowest BCUT2D eigenvalue weighted by molar-refractivity contribution is 0.0381. The summed E-state index contributed by atoms with van der Waals surface area (Å²) in [4.78, 5) is 11.9. The molecule has 2 N–H and O–H groups in total. The van der Waals surface area contributed by atoms with Gasteiger partial charge in [0.2, 0.25) is 5.95 Å². The zero-order chi connectivity index (χ0) is 15.9. The van der Waals surface area contributed by atoms with E-state index in [2.05, 4.69) is 39.1 Å². The molecule has 0 aliphatic carbocycles. The molecular formula is C17H22N4OS. The highest BCUT2D eigenvalue weighted by molar-refractivity contribution is 7.99. The highest BCUT2D eigenvalue weighted by atomic mass is 32.2. The first-order valence-electron chi connectivity index (χ1n) is 7.93. The summed E-state index contributed by atoms with van der Waals surface area (Å²) in [6, 6.07) is 10.3. The van der Waals surface area contributed by atoms with Gasteiger partial charge >= 0.3 is 0 Å². The Bertz CT molecular complexity index is 614. The number of aromatic nitrogens is 2. The lowest BCUT2D eigenvalue weighted by Crippen LogP contribution is -2.36. The first kappa shape index (κ1) is 16.2. The molecule has 1 aromatic heterocycles. The molecule has 0 bridgehead atoms. The first-order chi connectivity index (χ1) is 11.3. The third-order valence-corrected chi connectivity index (χ3v) is 4.91. The van der Waals surface area contributed by atoms with E-state index in [-0.39, 0.29) is 0 Å². The fraction of sp³-hybridized carbons (Fsp3) is 0.412. The van der Waals surface area contributed by atoms with Crippen LogP contribution in [0.5, 0.6) is 0 Å². The minimum Gasteiger partial charge on any atom is -0.379 e. The number of nitrogens with two attached hydrogens (primary N) is 1. The molecule has 1 aliphatic rings. The van der Waals surface area contributed by atoms with Crippen molar-refractivity contribution in [3.63, 3.8) is 0 Å². The van der Waals surface area contributed by atoms with Gasteiger partial charge in [0.15, 0.2) is 0 Å². The van der Waals surface area contributed by atoms with Gasteiger partial charge in [0.25, 0.3) is 0 Å². The minimum absolute atomic E-state index is 0.309. The Labute approximate surface area is 141 Å². The van der Waals surface area contributed by atoms with E-state index < -0.39 is 0 Å². The molecule has 0 amide bonds. The van der Waals surface area contributed by atoms with Crippen molar-refractivity contribution >= 4 is 17.7 Å². The van der Waals surface area contributed by atoms with Crippen LogP contribution in [-0.2, 0) is 4.74 Å². The second-order valence-electron chi connectivity index (χ2n) is 5.48. The number of hydrogen-bond acceptors (Lipinski definition) is 6. The van der Waals surface area contributed by atoms with Gasteiger partial charge in [-0.05, 0) is 36.9 Å². The molecule has 1 aliphatic heterocycles. The highest BCUT2D eigenvalue weighted by Gasteiger charge is 2.09. The van der Waals surface area contributed by atoms with Crippen molar-refractivity contribution < 1.29 is 4.74 Å². The summed E-state index contributed by atoms with van der Waals surface area (Å²) in [5.74, 6) is 1.45. The molecule has 0 unspecified atom stereocenters. The lowest BCUT2D eigenvalue weighted by Gasteiger charge is -2.26. The number of rotatable bonds is 6. The Hall–Kier alpha value is -1.63. The summed E-state index contributed by atoms with van der Waals surface area (Å²) in [7, 11) is 0.